The minimum Gasteiger partial charge on any atom is -0.493 e. The van der Waals surface area contributed by atoms with Crippen LogP contribution in [0.4, 0.5) is 0 Å². The molecule has 0 amide bonds. The Morgan fingerprint density at radius 2 is 1.96 bits per heavy atom. The lowest BCUT2D eigenvalue weighted by Gasteiger charge is -2.27. The Bertz CT molecular complexity index is 953. The molecule has 2 aliphatic rings. The third-order valence-electron chi connectivity index (χ3n) is 5.90. The second kappa shape index (κ2) is 7.21. The van der Waals surface area contributed by atoms with E-state index in [2.05, 4.69) is 11.5 Å². The number of halogens is 1. The molecule has 4 rings (SSSR count). The van der Waals surface area contributed by atoms with Crippen LogP contribution in [0.1, 0.15) is 24.8 Å². The van der Waals surface area contributed by atoms with E-state index < -0.39 is 0 Å². The van der Waals surface area contributed by atoms with E-state index in [0.717, 1.165) is 28.9 Å². The SMILES string of the molecule is C=C(Cl)Cn1c(=O)c(CN2CC3CCC2C3)cc2cc(OC)c(OC)cc21. The van der Waals surface area contributed by atoms with Crippen molar-refractivity contribution in [2.24, 2.45) is 5.92 Å². The Kier molecular flexibility index (Phi) is 4.91. The number of benzene rings is 1. The molecule has 2 heterocycles. The maximum absolute atomic E-state index is 13.2. The fraction of sp³-hybridized carbons (Fsp3) is 0.476. The summed E-state index contributed by atoms with van der Waals surface area (Å²) in [7, 11) is 3.20. The molecule has 1 saturated heterocycles. The number of pyridine rings is 1. The maximum atomic E-state index is 13.2. The highest BCUT2D eigenvalue weighted by Crippen LogP contribution is 2.38. The Hall–Kier alpha value is -1.98. The lowest BCUT2D eigenvalue weighted by molar-refractivity contribution is 0.204. The fourth-order valence-electron chi connectivity index (χ4n) is 4.65. The van der Waals surface area contributed by atoms with Gasteiger partial charge in [0.05, 0.1) is 26.3 Å². The first kappa shape index (κ1) is 18.4. The molecule has 6 heteroatoms. The molecule has 1 aromatic carbocycles. The molecule has 2 atom stereocenters. The topological polar surface area (TPSA) is 43.7 Å². The van der Waals surface area contributed by atoms with Crippen LogP contribution in [-0.2, 0) is 13.1 Å². The summed E-state index contributed by atoms with van der Waals surface area (Å²) in [6.45, 7) is 5.82. The first-order valence-corrected chi connectivity index (χ1v) is 9.73. The fourth-order valence-corrected chi connectivity index (χ4v) is 4.77. The predicted molar refractivity (Wildman–Crippen MR) is 108 cm³/mol. The van der Waals surface area contributed by atoms with Gasteiger partial charge in [-0.05, 0) is 37.3 Å². The minimum absolute atomic E-state index is 0.0145. The van der Waals surface area contributed by atoms with E-state index in [0.29, 0.717) is 29.1 Å². The highest BCUT2D eigenvalue weighted by atomic mass is 35.5. The number of allylic oxidation sites excluding steroid dienone is 1. The Labute approximate surface area is 164 Å². The van der Waals surface area contributed by atoms with Crippen LogP contribution in [0, 0.1) is 5.92 Å². The summed E-state index contributed by atoms with van der Waals surface area (Å²) in [6.07, 6.45) is 3.84. The summed E-state index contributed by atoms with van der Waals surface area (Å²) in [5, 5.41) is 1.36. The van der Waals surface area contributed by atoms with Gasteiger partial charge in [-0.25, -0.2) is 0 Å². The molecule has 1 aromatic heterocycles. The van der Waals surface area contributed by atoms with Gasteiger partial charge >= 0.3 is 0 Å². The van der Waals surface area contributed by atoms with Crippen molar-refractivity contribution in [1.29, 1.82) is 0 Å². The number of fused-ring (bicyclic) bond motifs is 3. The van der Waals surface area contributed by atoms with Gasteiger partial charge in [-0.3, -0.25) is 9.69 Å². The van der Waals surface area contributed by atoms with Gasteiger partial charge in [-0.15, -0.1) is 0 Å². The van der Waals surface area contributed by atoms with Crippen LogP contribution in [0.25, 0.3) is 10.9 Å². The number of likely N-dealkylation sites (tertiary alicyclic amines) is 1. The van der Waals surface area contributed by atoms with Crippen LogP contribution in [-0.4, -0.2) is 36.3 Å². The molecular formula is C21H25ClN2O3. The van der Waals surface area contributed by atoms with Crippen LogP contribution < -0.4 is 15.0 Å². The van der Waals surface area contributed by atoms with Crippen molar-refractivity contribution in [3.8, 4) is 11.5 Å². The normalized spacial score (nSPS) is 21.7. The summed E-state index contributed by atoms with van der Waals surface area (Å²) in [5.41, 5.74) is 1.55. The summed E-state index contributed by atoms with van der Waals surface area (Å²) in [6, 6.07) is 6.35. The molecule has 1 aliphatic carbocycles. The number of piperidine rings is 1. The van der Waals surface area contributed by atoms with Crippen molar-refractivity contribution in [2.45, 2.75) is 38.4 Å². The quantitative estimate of drug-likeness (QED) is 0.755. The van der Waals surface area contributed by atoms with Gasteiger partial charge in [0.15, 0.2) is 11.5 Å². The van der Waals surface area contributed by atoms with Crippen LogP contribution in [0.3, 0.4) is 0 Å². The van der Waals surface area contributed by atoms with Gasteiger partial charge < -0.3 is 14.0 Å². The number of rotatable bonds is 6. The number of nitrogens with zero attached hydrogens (tertiary/aromatic N) is 2. The third kappa shape index (κ3) is 3.34. The van der Waals surface area contributed by atoms with Gasteiger partial charge in [0, 0.05) is 41.2 Å². The molecule has 27 heavy (non-hydrogen) atoms. The molecule has 2 bridgehead atoms. The van der Waals surface area contributed by atoms with Crippen molar-refractivity contribution in [2.75, 3.05) is 20.8 Å². The first-order valence-electron chi connectivity index (χ1n) is 9.36. The van der Waals surface area contributed by atoms with Gasteiger partial charge in [-0.1, -0.05) is 18.2 Å². The smallest absolute Gasteiger partial charge is 0.255 e. The van der Waals surface area contributed by atoms with Crippen molar-refractivity contribution in [3.63, 3.8) is 0 Å². The second-order valence-corrected chi connectivity index (χ2v) is 8.14. The van der Waals surface area contributed by atoms with E-state index in [1.807, 2.05) is 18.2 Å². The van der Waals surface area contributed by atoms with Gasteiger partial charge in [-0.2, -0.15) is 0 Å². The highest BCUT2D eigenvalue weighted by molar-refractivity contribution is 6.29. The molecule has 5 nitrogen and oxygen atoms in total. The van der Waals surface area contributed by atoms with E-state index in [1.165, 1.54) is 19.3 Å². The van der Waals surface area contributed by atoms with Crippen LogP contribution >= 0.6 is 11.6 Å². The predicted octanol–water partition coefficient (Wildman–Crippen LogP) is 3.76. The lowest BCUT2D eigenvalue weighted by atomic mass is 10.1. The number of ether oxygens (including phenoxy) is 2. The van der Waals surface area contributed by atoms with E-state index in [4.69, 9.17) is 21.1 Å². The van der Waals surface area contributed by atoms with Crippen molar-refractivity contribution >= 4 is 22.5 Å². The van der Waals surface area contributed by atoms with Crippen molar-refractivity contribution < 1.29 is 9.47 Å². The number of methoxy groups -OCH3 is 2. The molecule has 0 radical (unpaired) electrons. The van der Waals surface area contributed by atoms with E-state index in [9.17, 15) is 4.79 Å². The summed E-state index contributed by atoms with van der Waals surface area (Å²) in [4.78, 5) is 15.7. The summed E-state index contributed by atoms with van der Waals surface area (Å²) < 4.78 is 12.5. The largest absolute Gasteiger partial charge is 0.493 e. The lowest BCUT2D eigenvalue weighted by Crippen LogP contribution is -2.35. The molecule has 2 aromatic rings. The average Bonchev–Trinajstić information content (AvgIpc) is 3.27. The van der Waals surface area contributed by atoms with Gasteiger partial charge in [0.1, 0.15) is 0 Å². The molecule has 1 saturated carbocycles. The molecule has 2 fully saturated rings. The van der Waals surface area contributed by atoms with E-state index in [-0.39, 0.29) is 12.1 Å². The first-order chi connectivity index (χ1) is 13.0. The van der Waals surface area contributed by atoms with Gasteiger partial charge in [0.2, 0.25) is 0 Å². The molecule has 2 unspecified atom stereocenters. The monoisotopic (exact) mass is 388 g/mol. The van der Waals surface area contributed by atoms with Crippen molar-refractivity contribution in [1.82, 2.24) is 9.47 Å². The summed E-state index contributed by atoms with van der Waals surface area (Å²) in [5.74, 6) is 2.03. The standard InChI is InChI=1S/C21H25ClN2O3/c1-13(22)10-24-18-9-20(27-3)19(26-2)8-15(18)7-16(21(24)25)12-23-11-14-4-5-17(23)6-14/h7-9,14,17H,1,4-6,10-12H2,2-3H3. The summed E-state index contributed by atoms with van der Waals surface area (Å²) >= 11 is 6.07. The third-order valence-corrected chi connectivity index (χ3v) is 6.02. The highest BCUT2D eigenvalue weighted by Gasteiger charge is 2.37. The van der Waals surface area contributed by atoms with E-state index >= 15 is 0 Å². The minimum atomic E-state index is -0.0145. The molecule has 0 N–H and O–H groups in total. The van der Waals surface area contributed by atoms with Crippen LogP contribution in [0.2, 0.25) is 0 Å². The zero-order valence-electron chi connectivity index (χ0n) is 15.8. The Morgan fingerprint density at radius 1 is 1.22 bits per heavy atom. The van der Waals surface area contributed by atoms with Crippen LogP contribution in [0.15, 0.2) is 34.6 Å². The molecular weight excluding hydrogens is 364 g/mol. The molecule has 0 spiro atoms. The second-order valence-electron chi connectivity index (χ2n) is 7.61. The Morgan fingerprint density at radius 3 is 2.56 bits per heavy atom. The van der Waals surface area contributed by atoms with Crippen LogP contribution in [0.5, 0.6) is 11.5 Å². The van der Waals surface area contributed by atoms with Crippen molar-refractivity contribution in [3.05, 3.63) is 45.7 Å². The molecule has 144 valence electrons. The van der Waals surface area contributed by atoms with E-state index in [1.54, 1.807) is 18.8 Å². The average molecular weight is 389 g/mol. The zero-order chi connectivity index (χ0) is 19.1. The zero-order valence-corrected chi connectivity index (χ0v) is 16.6. The van der Waals surface area contributed by atoms with Gasteiger partial charge in [0.25, 0.3) is 5.56 Å². The Balaban J connectivity index is 1.82. The maximum Gasteiger partial charge on any atom is 0.255 e. The number of aromatic nitrogens is 1. The number of hydrogen-bond acceptors (Lipinski definition) is 4. The molecule has 1 aliphatic heterocycles. The number of hydrogen-bond donors (Lipinski definition) is 0.